The molecule has 0 saturated heterocycles. The summed E-state index contributed by atoms with van der Waals surface area (Å²) in [6.45, 7) is 4.28. The first-order chi connectivity index (χ1) is 12.6. The van der Waals surface area contributed by atoms with Gasteiger partial charge in [-0.2, -0.15) is 0 Å². The van der Waals surface area contributed by atoms with Crippen molar-refractivity contribution in [2.24, 2.45) is 0 Å². The highest BCUT2D eigenvalue weighted by molar-refractivity contribution is 9.10. The first kappa shape index (κ1) is 16.8. The van der Waals surface area contributed by atoms with Crippen molar-refractivity contribution in [3.8, 4) is 33.9 Å². The number of aryl methyl sites for hydroxylation is 2. The summed E-state index contributed by atoms with van der Waals surface area (Å²) in [5, 5.41) is 0. The predicted molar refractivity (Wildman–Crippen MR) is 112 cm³/mol. The maximum absolute atomic E-state index is 4.96. The molecule has 0 saturated carbocycles. The fourth-order valence-corrected chi connectivity index (χ4v) is 3.29. The average molecular weight is 403 g/mol. The molecule has 4 rings (SSSR count). The van der Waals surface area contributed by atoms with Gasteiger partial charge in [0.25, 0.3) is 0 Å². The van der Waals surface area contributed by atoms with E-state index >= 15 is 0 Å². The van der Waals surface area contributed by atoms with Gasteiger partial charge < -0.3 is 4.98 Å². The molecule has 1 N–H and O–H groups in total. The van der Waals surface area contributed by atoms with Crippen LogP contribution in [0, 0.1) is 13.8 Å². The van der Waals surface area contributed by atoms with E-state index in [2.05, 4.69) is 89.4 Å². The lowest BCUT2D eigenvalue weighted by molar-refractivity contribution is 1.30. The van der Waals surface area contributed by atoms with Gasteiger partial charge in [0.1, 0.15) is 5.82 Å². The smallest absolute Gasteiger partial charge is 0.138 e. The molecule has 0 aliphatic carbocycles. The van der Waals surface area contributed by atoms with Crippen LogP contribution in [0.5, 0.6) is 0 Å². The number of benzene rings is 3. The molecule has 0 fully saturated rings. The molecule has 26 heavy (non-hydrogen) atoms. The van der Waals surface area contributed by atoms with E-state index in [0.717, 1.165) is 38.4 Å². The maximum atomic E-state index is 4.96. The molecule has 0 radical (unpaired) electrons. The molecule has 128 valence electrons. The summed E-state index contributed by atoms with van der Waals surface area (Å²) >= 11 is 3.50. The summed E-state index contributed by atoms with van der Waals surface area (Å²) < 4.78 is 1.06. The van der Waals surface area contributed by atoms with E-state index in [9.17, 15) is 0 Å². The van der Waals surface area contributed by atoms with E-state index in [1.54, 1.807) is 0 Å². The van der Waals surface area contributed by atoms with Crippen LogP contribution in [0.1, 0.15) is 11.1 Å². The minimum atomic E-state index is 0.879. The van der Waals surface area contributed by atoms with Crippen LogP contribution in [0.2, 0.25) is 0 Å². The summed E-state index contributed by atoms with van der Waals surface area (Å²) in [4.78, 5) is 8.50. The van der Waals surface area contributed by atoms with Gasteiger partial charge in [-0.15, -0.1) is 0 Å². The van der Waals surface area contributed by atoms with Crippen molar-refractivity contribution in [2.45, 2.75) is 13.8 Å². The van der Waals surface area contributed by atoms with Crippen molar-refractivity contribution in [1.29, 1.82) is 0 Å². The summed E-state index contributed by atoms with van der Waals surface area (Å²) in [5.74, 6) is 0.879. The van der Waals surface area contributed by atoms with E-state index in [4.69, 9.17) is 4.98 Å². The molecule has 0 aliphatic heterocycles. The maximum Gasteiger partial charge on any atom is 0.138 e. The molecule has 0 aliphatic rings. The van der Waals surface area contributed by atoms with Crippen LogP contribution in [0.15, 0.2) is 77.3 Å². The largest absolute Gasteiger partial charge is 0.337 e. The number of hydrogen-bond acceptors (Lipinski definition) is 1. The quantitative estimate of drug-likeness (QED) is 0.401. The zero-order valence-electron chi connectivity index (χ0n) is 14.8. The number of H-pyrrole nitrogens is 1. The van der Waals surface area contributed by atoms with Gasteiger partial charge in [-0.3, -0.25) is 0 Å². The Kier molecular flexibility index (Phi) is 4.48. The standard InChI is InChI=1S/C23H19BrN2/c1-15-8-9-19(14-16(15)2)22-21(17-6-4-3-5-7-17)25-23(26-22)18-10-12-20(24)13-11-18/h3-14H,1-2H3,(H,25,26). The molecule has 0 amide bonds. The summed E-state index contributed by atoms with van der Waals surface area (Å²) in [6.07, 6.45) is 0. The Balaban J connectivity index is 1.90. The number of aromatic amines is 1. The van der Waals surface area contributed by atoms with Crippen LogP contribution in [-0.4, -0.2) is 9.97 Å². The first-order valence-electron chi connectivity index (χ1n) is 8.61. The molecule has 3 heteroatoms. The van der Waals surface area contributed by atoms with Crippen LogP contribution >= 0.6 is 15.9 Å². The van der Waals surface area contributed by atoms with Gasteiger partial charge in [0, 0.05) is 21.2 Å². The molecule has 0 unspecified atom stereocenters. The van der Waals surface area contributed by atoms with E-state index in [-0.39, 0.29) is 0 Å². The van der Waals surface area contributed by atoms with Crippen molar-refractivity contribution in [3.63, 3.8) is 0 Å². The number of aromatic nitrogens is 2. The zero-order valence-corrected chi connectivity index (χ0v) is 16.3. The monoisotopic (exact) mass is 402 g/mol. The Labute approximate surface area is 162 Å². The highest BCUT2D eigenvalue weighted by Crippen LogP contribution is 2.34. The first-order valence-corrected chi connectivity index (χ1v) is 9.40. The van der Waals surface area contributed by atoms with Crippen molar-refractivity contribution < 1.29 is 0 Å². The summed E-state index contributed by atoms with van der Waals surface area (Å²) in [6, 6.07) is 25.1. The number of hydrogen-bond donors (Lipinski definition) is 1. The van der Waals surface area contributed by atoms with Gasteiger partial charge in [-0.05, 0) is 43.2 Å². The fraction of sp³-hybridized carbons (Fsp3) is 0.0870. The van der Waals surface area contributed by atoms with Crippen molar-refractivity contribution in [3.05, 3.63) is 88.4 Å². The van der Waals surface area contributed by atoms with Gasteiger partial charge in [0.2, 0.25) is 0 Å². The third-order valence-electron chi connectivity index (χ3n) is 4.66. The highest BCUT2D eigenvalue weighted by atomic mass is 79.9. The van der Waals surface area contributed by atoms with Gasteiger partial charge in [-0.25, -0.2) is 4.98 Å². The number of halogens is 1. The van der Waals surface area contributed by atoms with Gasteiger partial charge in [-0.1, -0.05) is 70.5 Å². The molecule has 3 aromatic carbocycles. The lowest BCUT2D eigenvalue weighted by Gasteiger charge is -2.06. The van der Waals surface area contributed by atoms with Gasteiger partial charge in [0.15, 0.2) is 0 Å². The number of nitrogens with zero attached hydrogens (tertiary/aromatic N) is 1. The van der Waals surface area contributed by atoms with Gasteiger partial charge >= 0.3 is 0 Å². The van der Waals surface area contributed by atoms with Crippen molar-refractivity contribution in [1.82, 2.24) is 9.97 Å². The molecule has 1 heterocycles. The second-order valence-electron chi connectivity index (χ2n) is 6.48. The summed E-state index contributed by atoms with van der Waals surface area (Å²) in [5.41, 5.74) is 7.93. The van der Waals surface area contributed by atoms with Crippen LogP contribution in [-0.2, 0) is 0 Å². The van der Waals surface area contributed by atoms with Gasteiger partial charge in [0.05, 0.1) is 11.4 Å². The Hall–Kier alpha value is -2.65. The zero-order chi connectivity index (χ0) is 18.1. The SMILES string of the molecule is Cc1ccc(-c2nc(-c3ccc(Br)cc3)[nH]c2-c2ccccc2)cc1C. The molecule has 0 spiro atoms. The van der Waals surface area contributed by atoms with E-state index in [0.29, 0.717) is 0 Å². The Morgan fingerprint density at radius 1 is 0.731 bits per heavy atom. The number of nitrogens with one attached hydrogen (secondary N) is 1. The number of imidazole rings is 1. The van der Waals surface area contributed by atoms with Crippen LogP contribution in [0.3, 0.4) is 0 Å². The third kappa shape index (κ3) is 3.23. The normalized spacial score (nSPS) is 10.9. The van der Waals surface area contributed by atoms with E-state index in [1.165, 1.54) is 11.1 Å². The van der Waals surface area contributed by atoms with Crippen LogP contribution < -0.4 is 0 Å². The Morgan fingerprint density at radius 3 is 2.12 bits per heavy atom. The highest BCUT2D eigenvalue weighted by Gasteiger charge is 2.15. The second-order valence-corrected chi connectivity index (χ2v) is 7.40. The molecule has 0 bridgehead atoms. The Morgan fingerprint density at radius 2 is 1.42 bits per heavy atom. The lowest BCUT2D eigenvalue weighted by Crippen LogP contribution is -1.87. The molecule has 1 aromatic heterocycles. The van der Waals surface area contributed by atoms with E-state index in [1.807, 2.05) is 18.2 Å². The third-order valence-corrected chi connectivity index (χ3v) is 5.19. The second kappa shape index (κ2) is 6.93. The van der Waals surface area contributed by atoms with Crippen molar-refractivity contribution >= 4 is 15.9 Å². The topological polar surface area (TPSA) is 28.7 Å². The van der Waals surface area contributed by atoms with Crippen molar-refractivity contribution in [2.75, 3.05) is 0 Å². The Bertz CT molecular complexity index is 1050. The summed E-state index contributed by atoms with van der Waals surface area (Å²) in [7, 11) is 0. The van der Waals surface area contributed by atoms with E-state index < -0.39 is 0 Å². The fourth-order valence-electron chi connectivity index (χ4n) is 3.03. The lowest BCUT2D eigenvalue weighted by atomic mass is 10.0. The molecular weight excluding hydrogens is 384 g/mol. The average Bonchev–Trinajstić information content (AvgIpc) is 3.11. The molecular formula is C23H19BrN2. The van der Waals surface area contributed by atoms with Crippen LogP contribution in [0.4, 0.5) is 0 Å². The predicted octanol–water partition coefficient (Wildman–Crippen LogP) is 6.79. The minimum Gasteiger partial charge on any atom is -0.337 e. The molecule has 0 atom stereocenters. The number of rotatable bonds is 3. The van der Waals surface area contributed by atoms with Crippen LogP contribution in [0.25, 0.3) is 33.9 Å². The minimum absolute atomic E-state index is 0.879. The molecule has 4 aromatic rings. The molecule has 2 nitrogen and oxygen atoms in total.